The fourth-order valence-corrected chi connectivity index (χ4v) is 2.13. The van der Waals surface area contributed by atoms with E-state index in [-0.39, 0.29) is 5.91 Å². The van der Waals surface area contributed by atoms with Crippen molar-refractivity contribution < 1.29 is 4.79 Å². The minimum absolute atomic E-state index is 0.120. The van der Waals surface area contributed by atoms with E-state index in [1.54, 1.807) is 10.9 Å². The number of anilines is 1. The number of rotatable bonds is 2. The standard InChI is InChI=1S/C13H14IN3O/c1-8-4-5-10(14)6-12(8)16-13(18)11-7-15-17(3)9(11)2/h4-7H,1-3H3,(H,16,18). The Labute approximate surface area is 120 Å². The van der Waals surface area contributed by atoms with Crippen molar-refractivity contribution >= 4 is 34.2 Å². The molecule has 2 rings (SSSR count). The van der Waals surface area contributed by atoms with Crippen LogP contribution in [0, 0.1) is 17.4 Å². The molecule has 2 aromatic rings. The average molecular weight is 355 g/mol. The lowest BCUT2D eigenvalue weighted by molar-refractivity contribution is 0.102. The third kappa shape index (κ3) is 2.55. The van der Waals surface area contributed by atoms with Gasteiger partial charge < -0.3 is 5.32 Å². The molecule has 1 aromatic carbocycles. The van der Waals surface area contributed by atoms with Crippen LogP contribution in [0.15, 0.2) is 24.4 Å². The van der Waals surface area contributed by atoms with Crippen molar-refractivity contribution in [3.05, 3.63) is 44.8 Å². The smallest absolute Gasteiger partial charge is 0.259 e. The topological polar surface area (TPSA) is 46.9 Å². The fraction of sp³-hybridized carbons (Fsp3) is 0.231. The van der Waals surface area contributed by atoms with Crippen LogP contribution in [0.25, 0.3) is 0 Å². The Bertz CT molecular complexity index is 604. The molecule has 0 bridgehead atoms. The SMILES string of the molecule is Cc1ccc(I)cc1NC(=O)c1cnn(C)c1C. The number of amides is 1. The number of carbonyl (C=O) groups excluding carboxylic acids is 1. The predicted octanol–water partition coefficient (Wildman–Crippen LogP) is 2.89. The number of nitrogens with zero attached hydrogens (tertiary/aromatic N) is 2. The first-order chi connectivity index (χ1) is 8.49. The molecule has 0 aliphatic carbocycles. The van der Waals surface area contributed by atoms with E-state index < -0.39 is 0 Å². The summed E-state index contributed by atoms with van der Waals surface area (Å²) in [5.41, 5.74) is 3.35. The van der Waals surface area contributed by atoms with Crippen molar-refractivity contribution in [1.82, 2.24) is 9.78 Å². The van der Waals surface area contributed by atoms with E-state index in [4.69, 9.17) is 0 Å². The lowest BCUT2D eigenvalue weighted by Gasteiger charge is -2.08. The normalized spacial score (nSPS) is 10.4. The van der Waals surface area contributed by atoms with Crippen molar-refractivity contribution in [2.24, 2.45) is 7.05 Å². The molecule has 0 spiro atoms. The summed E-state index contributed by atoms with van der Waals surface area (Å²) in [6.45, 7) is 3.85. The predicted molar refractivity (Wildman–Crippen MR) is 79.8 cm³/mol. The van der Waals surface area contributed by atoms with Crippen LogP contribution in [-0.4, -0.2) is 15.7 Å². The van der Waals surface area contributed by atoms with Crippen molar-refractivity contribution in [3.63, 3.8) is 0 Å². The summed E-state index contributed by atoms with van der Waals surface area (Å²) in [5.74, 6) is -0.120. The van der Waals surface area contributed by atoms with Gasteiger partial charge in [-0.25, -0.2) is 0 Å². The molecule has 0 aliphatic rings. The van der Waals surface area contributed by atoms with Crippen LogP contribution in [0.4, 0.5) is 5.69 Å². The van der Waals surface area contributed by atoms with E-state index in [0.29, 0.717) is 5.56 Å². The molecule has 5 heteroatoms. The number of aromatic nitrogens is 2. The molecular weight excluding hydrogens is 341 g/mol. The van der Waals surface area contributed by atoms with E-state index >= 15 is 0 Å². The van der Waals surface area contributed by atoms with Crippen molar-refractivity contribution in [2.75, 3.05) is 5.32 Å². The van der Waals surface area contributed by atoms with Crippen molar-refractivity contribution in [3.8, 4) is 0 Å². The zero-order chi connectivity index (χ0) is 13.3. The van der Waals surface area contributed by atoms with Gasteiger partial charge in [0.05, 0.1) is 11.8 Å². The highest BCUT2D eigenvalue weighted by molar-refractivity contribution is 14.1. The van der Waals surface area contributed by atoms with Crippen LogP contribution in [0.3, 0.4) is 0 Å². The Morgan fingerprint density at radius 1 is 1.39 bits per heavy atom. The van der Waals surface area contributed by atoms with Gasteiger partial charge in [0.15, 0.2) is 0 Å². The van der Waals surface area contributed by atoms with Gasteiger partial charge in [-0.1, -0.05) is 6.07 Å². The molecule has 18 heavy (non-hydrogen) atoms. The summed E-state index contributed by atoms with van der Waals surface area (Å²) in [7, 11) is 1.82. The Balaban J connectivity index is 2.27. The van der Waals surface area contributed by atoms with Gasteiger partial charge in [-0.15, -0.1) is 0 Å². The maximum absolute atomic E-state index is 12.1. The van der Waals surface area contributed by atoms with E-state index in [9.17, 15) is 4.79 Å². The Morgan fingerprint density at radius 3 is 2.72 bits per heavy atom. The highest BCUT2D eigenvalue weighted by Gasteiger charge is 2.13. The number of nitrogens with one attached hydrogen (secondary N) is 1. The minimum Gasteiger partial charge on any atom is -0.322 e. The van der Waals surface area contributed by atoms with Crippen molar-refractivity contribution in [1.29, 1.82) is 0 Å². The van der Waals surface area contributed by atoms with Gasteiger partial charge in [-0.2, -0.15) is 5.10 Å². The molecular formula is C13H14IN3O. The number of hydrogen-bond acceptors (Lipinski definition) is 2. The molecule has 1 heterocycles. The first-order valence-corrected chi connectivity index (χ1v) is 6.63. The lowest BCUT2D eigenvalue weighted by Crippen LogP contribution is -2.13. The highest BCUT2D eigenvalue weighted by atomic mass is 127. The van der Waals surface area contributed by atoms with Crippen LogP contribution in [-0.2, 0) is 7.05 Å². The Morgan fingerprint density at radius 2 is 2.11 bits per heavy atom. The Hall–Kier alpha value is -1.37. The number of aryl methyl sites for hydroxylation is 2. The molecule has 0 aliphatic heterocycles. The molecule has 0 saturated carbocycles. The van der Waals surface area contributed by atoms with Gasteiger partial charge in [0.1, 0.15) is 0 Å². The first kappa shape index (κ1) is 13.1. The zero-order valence-corrected chi connectivity index (χ0v) is 12.6. The number of benzene rings is 1. The number of halogens is 1. The van der Waals surface area contributed by atoms with E-state index in [1.165, 1.54) is 0 Å². The lowest BCUT2D eigenvalue weighted by atomic mass is 10.2. The quantitative estimate of drug-likeness (QED) is 0.843. The van der Waals surface area contributed by atoms with E-state index in [0.717, 1.165) is 20.5 Å². The van der Waals surface area contributed by atoms with Gasteiger partial charge >= 0.3 is 0 Å². The van der Waals surface area contributed by atoms with Crippen molar-refractivity contribution in [2.45, 2.75) is 13.8 Å². The van der Waals surface area contributed by atoms with Crippen LogP contribution in [0.2, 0.25) is 0 Å². The molecule has 0 unspecified atom stereocenters. The van der Waals surface area contributed by atoms with Gasteiger partial charge in [0, 0.05) is 22.0 Å². The van der Waals surface area contributed by atoms with Crippen LogP contribution in [0.5, 0.6) is 0 Å². The van der Waals surface area contributed by atoms with E-state index in [2.05, 4.69) is 33.0 Å². The number of hydrogen-bond donors (Lipinski definition) is 1. The third-order valence-corrected chi connectivity index (χ3v) is 3.60. The third-order valence-electron chi connectivity index (χ3n) is 2.93. The minimum atomic E-state index is -0.120. The maximum Gasteiger partial charge on any atom is 0.259 e. The van der Waals surface area contributed by atoms with Crippen LogP contribution < -0.4 is 5.32 Å². The molecule has 1 N–H and O–H groups in total. The second-order valence-corrected chi connectivity index (χ2v) is 5.43. The molecule has 1 amide bonds. The Kier molecular flexibility index (Phi) is 3.70. The van der Waals surface area contributed by atoms with Crippen LogP contribution >= 0.6 is 22.6 Å². The number of carbonyl (C=O) groups is 1. The summed E-state index contributed by atoms with van der Waals surface area (Å²) < 4.78 is 2.78. The monoisotopic (exact) mass is 355 g/mol. The molecule has 1 aromatic heterocycles. The van der Waals surface area contributed by atoms with Gasteiger partial charge in [0.25, 0.3) is 5.91 Å². The summed E-state index contributed by atoms with van der Waals surface area (Å²) in [6, 6.07) is 5.97. The molecule has 94 valence electrons. The second kappa shape index (κ2) is 5.09. The van der Waals surface area contributed by atoms with Gasteiger partial charge in [0.2, 0.25) is 0 Å². The molecule has 0 atom stereocenters. The molecule has 0 saturated heterocycles. The summed E-state index contributed by atoms with van der Waals surface area (Å²) >= 11 is 2.23. The highest BCUT2D eigenvalue weighted by Crippen LogP contribution is 2.19. The molecule has 4 nitrogen and oxygen atoms in total. The van der Waals surface area contributed by atoms with E-state index in [1.807, 2.05) is 39.1 Å². The summed E-state index contributed by atoms with van der Waals surface area (Å²) in [5, 5.41) is 7.00. The first-order valence-electron chi connectivity index (χ1n) is 5.55. The second-order valence-electron chi connectivity index (χ2n) is 4.18. The summed E-state index contributed by atoms with van der Waals surface area (Å²) in [6.07, 6.45) is 1.59. The van der Waals surface area contributed by atoms with Crippen LogP contribution in [0.1, 0.15) is 21.6 Å². The molecule has 0 fully saturated rings. The maximum atomic E-state index is 12.1. The molecule has 0 radical (unpaired) electrons. The largest absolute Gasteiger partial charge is 0.322 e. The zero-order valence-electron chi connectivity index (χ0n) is 10.5. The average Bonchev–Trinajstić information content (AvgIpc) is 2.65. The summed E-state index contributed by atoms with van der Waals surface area (Å²) in [4.78, 5) is 12.1. The van der Waals surface area contributed by atoms with Gasteiger partial charge in [-0.3, -0.25) is 9.48 Å². The van der Waals surface area contributed by atoms with Gasteiger partial charge in [-0.05, 0) is 54.1 Å². The fourth-order valence-electron chi connectivity index (χ4n) is 1.64.